The number of piperazine rings is 1. The number of hydrogen-bond acceptors (Lipinski definition) is 4. The fourth-order valence-electron chi connectivity index (χ4n) is 2.62. The molecule has 0 aliphatic carbocycles. The number of nitrogens with zero attached hydrogens (tertiary/aromatic N) is 2. The minimum Gasteiger partial charge on any atom is -0.394 e. The molecular formula is C12H24N2O2. The van der Waals surface area contributed by atoms with Crippen molar-refractivity contribution in [2.45, 2.75) is 32.0 Å². The van der Waals surface area contributed by atoms with Crippen molar-refractivity contribution in [3.63, 3.8) is 0 Å². The number of aliphatic hydroxyl groups is 1. The molecule has 4 nitrogen and oxygen atoms in total. The van der Waals surface area contributed by atoms with E-state index in [0.29, 0.717) is 6.10 Å². The maximum Gasteiger partial charge on any atom is 0.0811 e. The first-order valence-corrected chi connectivity index (χ1v) is 6.53. The molecule has 0 amide bonds. The molecule has 16 heavy (non-hydrogen) atoms. The van der Waals surface area contributed by atoms with Crippen molar-refractivity contribution in [3.05, 3.63) is 0 Å². The van der Waals surface area contributed by atoms with E-state index in [1.807, 2.05) is 0 Å². The Morgan fingerprint density at radius 1 is 1.06 bits per heavy atom. The van der Waals surface area contributed by atoms with Crippen LogP contribution < -0.4 is 0 Å². The summed E-state index contributed by atoms with van der Waals surface area (Å²) in [7, 11) is 0. The molecule has 0 bridgehead atoms. The number of hydrogen-bond donors (Lipinski definition) is 1. The minimum absolute atomic E-state index is 0.0990. The molecule has 1 N–H and O–H groups in total. The first kappa shape index (κ1) is 12.3. The molecule has 0 radical (unpaired) electrons. The highest BCUT2D eigenvalue weighted by Gasteiger charge is 2.27. The van der Waals surface area contributed by atoms with Crippen molar-refractivity contribution in [2.75, 3.05) is 45.9 Å². The summed E-state index contributed by atoms with van der Waals surface area (Å²) in [6.07, 6.45) is 2.59. The summed E-state index contributed by atoms with van der Waals surface area (Å²) in [5.41, 5.74) is 0. The zero-order chi connectivity index (χ0) is 11.4. The fourth-order valence-corrected chi connectivity index (χ4v) is 2.62. The highest BCUT2D eigenvalue weighted by molar-refractivity contribution is 4.79. The molecular weight excluding hydrogens is 204 g/mol. The molecule has 0 aromatic rings. The van der Waals surface area contributed by atoms with Gasteiger partial charge in [0.2, 0.25) is 0 Å². The Balaban J connectivity index is 1.67. The number of aliphatic hydroxyl groups excluding tert-OH is 1. The average Bonchev–Trinajstić information content (AvgIpc) is 2.78. The lowest BCUT2D eigenvalue weighted by atomic mass is 10.2. The molecule has 0 unspecified atom stereocenters. The van der Waals surface area contributed by atoms with Crippen molar-refractivity contribution in [2.24, 2.45) is 0 Å². The Labute approximate surface area is 98.2 Å². The summed E-state index contributed by atoms with van der Waals surface area (Å²) in [6, 6.07) is 0. The summed E-state index contributed by atoms with van der Waals surface area (Å²) >= 11 is 0. The van der Waals surface area contributed by atoms with Gasteiger partial charge in [-0.15, -0.1) is 0 Å². The predicted octanol–water partition coefficient (Wildman–Crippen LogP) is 0.164. The van der Waals surface area contributed by atoms with Gasteiger partial charge in [-0.2, -0.15) is 0 Å². The lowest BCUT2D eigenvalue weighted by Gasteiger charge is -2.35. The van der Waals surface area contributed by atoms with Crippen LogP contribution in [-0.4, -0.2) is 73.0 Å². The molecule has 4 heteroatoms. The second-order valence-electron chi connectivity index (χ2n) is 4.87. The van der Waals surface area contributed by atoms with Gasteiger partial charge in [0.25, 0.3) is 0 Å². The molecule has 2 fully saturated rings. The SMILES string of the molecule is CCN1CCN(C[C@@H]2CC[C@H](CO)O2)CC1. The summed E-state index contributed by atoms with van der Waals surface area (Å²) in [4.78, 5) is 4.99. The highest BCUT2D eigenvalue weighted by Crippen LogP contribution is 2.20. The van der Waals surface area contributed by atoms with Crippen LogP contribution in [0.2, 0.25) is 0 Å². The Morgan fingerprint density at radius 3 is 2.25 bits per heavy atom. The monoisotopic (exact) mass is 228 g/mol. The van der Waals surface area contributed by atoms with Gasteiger partial charge < -0.3 is 14.7 Å². The topological polar surface area (TPSA) is 35.9 Å². The van der Waals surface area contributed by atoms with Crippen molar-refractivity contribution in [1.29, 1.82) is 0 Å². The van der Waals surface area contributed by atoms with Crippen LogP contribution in [0.25, 0.3) is 0 Å². The molecule has 2 atom stereocenters. The first-order valence-electron chi connectivity index (χ1n) is 6.53. The maximum atomic E-state index is 9.01. The third-order valence-corrected chi connectivity index (χ3v) is 3.77. The van der Waals surface area contributed by atoms with Gasteiger partial charge in [0.1, 0.15) is 0 Å². The van der Waals surface area contributed by atoms with Gasteiger partial charge in [-0.3, -0.25) is 4.90 Å². The fraction of sp³-hybridized carbons (Fsp3) is 1.00. The first-order chi connectivity index (χ1) is 7.81. The molecule has 0 spiro atoms. The Morgan fingerprint density at radius 2 is 1.69 bits per heavy atom. The van der Waals surface area contributed by atoms with Crippen LogP contribution in [0.15, 0.2) is 0 Å². The largest absolute Gasteiger partial charge is 0.394 e. The van der Waals surface area contributed by atoms with Gasteiger partial charge in [0.05, 0.1) is 18.8 Å². The van der Waals surface area contributed by atoms with Gasteiger partial charge in [0, 0.05) is 32.7 Å². The highest BCUT2D eigenvalue weighted by atomic mass is 16.5. The molecule has 2 rings (SSSR count). The minimum atomic E-state index is 0.0990. The number of likely N-dealkylation sites (N-methyl/N-ethyl adjacent to an activating group) is 1. The summed E-state index contributed by atoms with van der Waals surface area (Å²) in [5.74, 6) is 0. The number of rotatable bonds is 4. The van der Waals surface area contributed by atoms with E-state index >= 15 is 0 Å². The van der Waals surface area contributed by atoms with E-state index in [1.165, 1.54) is 19.6 Å². The van der Waals surface area contributed by atoms with E-state index in [2.05, 4.69) is 16.7 Å². The van der Waals surface area contributed by atoms with E-state index in [-0.39, 0.29) is 12.7 Å². The van der Waals surface area contributed by atoms with Crippen molar-refractivity contribution in [1.82, 2.24) is 9.80 Å². The van der Waals surface area contributed by atoms with Gasteiger partial charge in [-0.25, -0.2) is 0 Å². The van der Waals surface area contributed by atoms with Gasteiger partial charge >= 0.3 is 0 Å². The van der Waals surface area contributed by atoms with E-state index in [9.17, 15) is 0 Å². The quantitative estimate of drug-likeness (QED) is 0.744. The van der Waals surface area contributed by atoms with Gasteiger partial charge in [-0.05, 0) is 19.4 Å². The Kier molecular flexibility index (Phi) is 4.58. The van der Waals surface area contributed by atoms with E-state index in [4.69, 9.17) is 9.84 Å². The second kappa shape index (κ2) is 5.96. The van der Waals surface area contributed by atoms with Crippen LogP contribution in [0.4, 0.5) is 0 Å². The normalized spacial score (nSPS) is 33.4. The molecule has 0 aromatic heterocycles. The van der Waals surface area contributed by atoms with Crippen LogP contribution in [0, 0.1) is 0 Å². The molecule has 2 heterocycles. The average molecular weight is 228 g/mol. The standard InChI is InChI=1S/C12H24N2O2/c1-2-13-5-7-14(8-6-13)9-11-3-4-12(10-15)16-11/h11-12,15H,2-10H2,1H3/t11-,12+/m0/s1. The predicted molar refractivity (Wildman–Crippen MR) is 63.5 cm³/mol. The summed E-state index contributed by atoms with van der Waals surface area (Å²) in [6.45, 7) is 9.32. The molecule has 2 aliphatic heterocycles. The number of ether oxygens (including phenoxy) is 1. The zero-order valence-electron chi connectivity index (χ0n) is 10.3. The van der Waals surface area contributed by atoms with E-state index in [1.54, 1.807) is 0 Å². The van der Waals surface area contributed by atoms with Crippen LogP contribution in [-0.2, 0) is 4.74 Å². The van der Waals surface area contributed by atoms with Crippen LogP contribution >= 0.6 is 0 Å². The molecule has 0 aromatic carbocycles. The van der Waals surface area contributed by atoms with Gasteiger partial charge in [-0.1, -0.05) is 6.92 Å². The van der Waals surface area contributed by atoms with Crippen molar-refractivity contribution < 1.29 is 9.84 Å². The van der Waals surface area contributed by atoms with E-state index < -0.39 is 0 Å². The summed E-state index contributed by atoms with van der Waals surface area (Å²) in [5, 5.41) is 9.01. The Hall–Kier alpha value is -0.160. The van der Waals surface area contributed by atoms with Crippen LogP contribution in [0.5, 0.6) is 0 Å². The second-order valence-corrected chi connectivity index (χ2v) is 4.87. The lowest BCUT2D eigenvalue weighted by molar-refractivity contribution is -0.00953. The molecule has 2 saturated heterocycles. The zero-order valence-corrected chi connectivity index (χ0v) is 10.3. The molecule has 2 aliphatic rings. The molecule has 94 valence electrons. The van der Waals surface area contributed by atoms with Crippen LogP contribution in [0.1, 0.15) is 19.8 Å². The van der Waals surface area contributed by atoms with Crippen LogP contribution in [0.3, 0.4) is 0 Å². The third-order valence-electron chi connectivity index (χ3n) is 3.77. The maximum absolute atomic E-state index is 9.01. The van der Waals surface area contributed by atoms with Gasteiger partial charge in [0.15, 0.2) is 0 Å². The van der Waals surface area contributed by atoms with E-state index in [0.717, 1.165) is 32.5 Å². The van der Waals surface area contributed by atoms with Crippen molar-refractivity contribution in [3.8, 4) is 0 Å². The lowest BCUT2D eigenvalue weighted by Crippen LogP contribution is -2.48. The molecule has 0 saturated carbocycles. The Bertz CT molecular complexity index is 205. The third kappa shape index (κ3) is 3.17. The van der Waals surface area contributed by atoms with Crippen molar-refractivity contribution >= 4 is 0 Å². The smallest absolute Gasteiger partial charge is 0.0811 e. The summed E-state index contributed by atoms with van der Waals surface area (Å²) < 4.78 is 5.76.